The minimum atomic E-state index is -0.336. The first kappa shape index (κ1) is 19.9. The fourth-order valence-electron chi connectivity index (χ4n) is 0.869. The van der Waals surface area contributed by atoms with Crippen LogP contribution in [0.25, 0.3) is 0 Å². The fourth-order valence-corrected chi connectivity index (χ4v) is 0.869. The fraction of sp³-hybridized carbons (Fsp3) is 0.700. The molecular formula is C10H23ClN2O2. The smallest absolute Gasteiger partial charge is 0.330 e. The monoisotopic (exact) mass is 238 g/mol. The molecule has 0 aliphatic rings. The molecule has 0 aliphatic carbocycles. The second kappa shape index (κ2) is 11.5. The lowest BCUT2D eigenvalue weighted by molar-refractivity contribution is -0.137. The van der Waals surface area contributed by atoms with Crippen molar-refractivity contribution in [2.24, 2.45) is 0 Å². The molecule has 0 aromatic heterocycles. The average Bonchev–Trinajstić information content (AvgIpc) is 2.11. The first-order valence-corrected chi connectivity index (χ1v) is 4.53. The number of rotatable bonds is 6. The van der Waals surface area contributed by atoms with Gasteiger partial charge in [-0.1, -0.05) is 6.58 Å². The number of hydrogen-bond donors (Lipinski definition) is 1. The van der Waals surface area contributed by atoms with Gasteiger partial charge in [0.1, 0.15) is 0 Å². The van der Waals surface area contributed by atoms with Crippen LogP contribution in [0.15, 0.2) is 12.7 Å². The van der Waals surface area contributed by atoms with Gasteiger partial charge in [0.2, 0.25) is 0 Å². The topological polar surface area (TPSA) is 64.5 Å². The van der Waals surface area contributed by atoms with Crippen LogP contribution in [-0.2, 0) is 9.53 Å². The van der Waals surface area contributed by atoms with Gasteiger partial charge in [-0.25, -0.2) is 4.79 Å². The highest BCUT2D eigenvalue weighted by atomic mass is 35.5. The van der Waals surface area contributed by atoms with Crippen LogP contribution in [0.1, 0.15) is 19.8 Å². The van der Waals surface area contributed by atoms with Gasteiger partial charge in [-0.15, -0.1) is 12.4 Å². The summed E-state index contributed by atoms with van der Waals surface area (Å²) >= 11 is 0. The van der Waals surface area contributed by atoms with E-state index in [-0.39, 0.29) is 24.5 Å². The molecule has 0 aliphatic heterocycles. The zero-order valence-corrected chi connectivity index (χ0v) is 10.7. The van der Waals surface area contributed by atoms with Crippen molar-refractivity contribution in [1.29, 1.82) is 0 Å². The Morgan fingerprint density at radius 3 is 2.47 bits per heavy atom. The third-order valence-electron chi connectivity index (χ3n) is 2.06. The maximum atomic E-state index is 10.6. The third kappa shape index (κ3) is 11.3. The molecule has 0 spiro atoms. The Morgan fingerprint density at radius 1 is 1.53 bits per heavy atom. The summed E-state index contributed by atoms with van der Waals surface area (Å²) in [6.07, 6.45) is 3.13. The minimum Gasteiger partial charge on any atom is -0.463 e. The van der Waals surface area contributed by atoms with Crippen molar-refractivity contribution in [3.8, 4) is 0 Å². The van der Waals surface area contributed by atoms with Crippen LogP contribution in [0.5, 0.6) is 0 Å². The molecule has 5 heteroatoms. The van der Waals surface area contributed by atoms with Crippen molar-refractivity contribution < 1.29 is 9.53 Å². The molecule has 0 aromatic carbocycles. The van der Waals surface area contributed by atoms with Gasteiger partial charge in [0.25, 0.3) is 0 Å². The number of carbonyl (C=O) groups excluding carboxylic acids is 1. The summed E-state index contributed by atoms with van der Waals surface area (Å²) < 4.78 is 4.85. The third-order valence-corrected chi connectivity index (χ3v) is 2.06. The molecule has 0 saturated carbocycles. The van der Waals surface area contributed by atoms with E-state index in [0.29, 0.717) is 12.6 Å². The Bertz CT molecular complexity index is 175. The van der Waals surface area contributed by atoms with Crippen LogP contribution in [0.2, 0.25) is 0 Å². The van der Waals surface area contributed by atoms with E-state index in [1.807, 2.05) is 14.1 Å². The van der Waals surface area contributed by atoms with Crippen molar-refractivity contribution >= 4 is 18.4 Å². The molecular weight excluding hydrogens is 216 g/mol. The largest absolute Gasteiger partial charge is 0.463 e. The van der Waals surface area contributed by atoms with E-state index in [2.05, 4.69) is 18.4 Å². The summed E-state index contributed by atoms with van der Waals surface area (Å²) in [6.45, 7) is 5.96. The van der Waals surface area contributed by atoms with Gasteiger partial charge in [-0.05, 0) is 33.9 Å². The van der Waals surface area contributed by atoms with E-state index in [9.17, 15) is 4.79 Å². The van der Waals surface area contributed by atoms with E-state index in [1.165, 1.54) is 6.08 Å². The Labute approximate surface area is 98.7 Å². The van der Waals surface area contributed by atoms with E-state index in [0.717, 1.165) is 12.8 Å². The molecule has 0 aromatic rings. The Morgan fingerprint density at radius 2 is 2.07 bits per heavy atom. The van der Waals surface area contributed by atoms with E-state index in [1.54, 1.807) is 0 Å². The summed E-state index contributed by atoms with van der Waals surface area (Å²) in [5, 5.41) is 0. The molecule has 0 heterocycles. The Kier molecular flexibility index (Phi) is 15.3. The maximum Gasteiger partial charge on any atom is 0.330 e. The van der Waals surface area contributed by atoms with E-state index < -0.39 is 0 Å². The van der Waals surface area contributed by atoms with Gasteiger partial charge in [0.15, 0.2) is 0 Å². The van der Waals surface area contributed by atoms with Crippen LogP contribution in [0, 0.1) is 0 Å². The number of carbonyl (C=O) groups is 1. The van der Waals surface area contributed by atoms with Crippen LogP contribution < -0.4 is 6.15 Å². The van der Waals surface area contributed by atoms with Gasteiger partial charge >= 0.3 is 5.97 Å². The van der Waals surface area contributed by atoms with Crippen LogP contribution in [0.4, 0.5) is 0 Å². The lowest BCUT2D eigenvalue weighted by Gasteiger charge is -2.19. The Hall–Kier alpha value is -0.580. The van der Waals surface area contributed by atoms with Gasteiger partial charge in [-0.3, -0.25) is 0 Å². The second-order valence-electron chi connectivity index (χ2n) is 3.33. The molecule has 0 rings (SSSR count). The van der Waals surface area contributed by atoms with E-state index >= 15 is 0 Å². The SMILES string of the molecule is C=CC(=O)OCCCC(C)N(C)C.Cl.N. The number of ether oxygens (including phenoxy) is 1. The van der Waals surface area contributed by atoms with Crippen molar-refractivity contribution in [3.63, 3.8) is 0 Å². The molecule has 0 bridgehead atoms. The lowest BCUT2D eigenvalue weighted by atomic mass is 10.2. The molecule has 0 fully saturated rings. The highest BCUT2D eigenvalue weighted by molar-refractivity contribution is 5.85. The highest BCUT2D eigenvalue weighted by Gasteiger charge is 2.03. The summed E-state index contributed by atoms with van der Waals surface area (Å²) in [5.41, 5.74) is 0. The predicted octanol–water partition coefficient (Wildman–Crippen LogP) is 2.03. The molecule has 3 N–H and O–H groups in total. The predicted molar refractivity (Wildman–Crippen MR) is 65.8 cm³/mol. The maximum absolute atomic E-state index is 10.6. The number of hydrogen-bond acceptors (Lipinski definition) is 4. The minimum absolute atomic E-state index is 0. The van der Waals surface area contributed by atoms with Crippen LogP contribution >= 0.6 is 12.4 Å². The zero-order valence-electron chi connectivity index (χ0n) is 9.86. The van der Waals surface area contributed by atoms with Gasteiger partial charge in [0, 0.05) is 12.1 Å². The standard InChI is InChI=1S/C10H19NO2.ClH.H3N/c1-5-10(12)13-8-6-7-9(2)11(3)4;;/h5,9H,1,6-8H2,2-4H3;1H;1H3. The molecule has 0 saturated heterocycles. The molecule has 1 unspecified atom stereocenters. The van der Waals surface area contributed by atoms with Crippen molar-refractivity contribution in [2.45, 2.75) is 25.8 Å². The molecule has 4 nitrogen and oxygen atoms in total. The number of halogens is 1. The quantitative estimate of drug-likeness (QED) is 0.437. The van der Waals surface area contributed by atoms with Crippen LogP contribution in [0.3, 0.4) is 0 Å². The number of esters is 1. The lowest BCUT2D eigenvalue weighted by Crippen LogP contribution is -2.24. The normalized spacial score (nSPS) is 10.9. The van der Waals surface area contributed by atoms with Crippen molar-refractivity contribution in [2.75, 3.05) is 20.7 Å². The van der Waals surface area contributed by atoms with Gasteiger partial charge in [-0.2, -0.15) is 0 Å². The highest BCUT2D eigenvalue weighted by Crippen LogP contribution is 2.02. The van der Waals surface area contributed by atoms with Gasteiger partial charge < -0.3 is 15.8 Å². The molecule has 0 radical (unpaired) electrons. The summed E-state index contributed by atoms with van der Waals surface area (Å²) in [4.78, 5) is 12.8. The molecule has 0 amide bonds. The zero-order chi connectivity index (χ0) is 10.3. The first-order chi connectivity index (χ1) is 6.07. The van der Waals surface area contributed by atoms with E-state index in [4.69, 9.17) is 4.74 Å². The average molecular weight is 239 g/mol. The molecule has 92 valence electrons. The summed E-state index contributed by atoms with van der Waals surface area (Å²) in [6, 6.07) is 0.530. The molecule has 1 atom stereocenters. The summed E-state index contributed by atoms with van der Waals surface area (Å²) in [7, 11) is 4.08. The van der Waals surface area contributed by atoms with Gasteiger partial charge in [0.05, 0.1) is 6.61 Å². The number of nitrogens with zero attached hydrogens (tertiary/aromatic N) is 1. The van der Waals surface area contributed by atoms with Crippen LogP contribution in [-0.4, -0.2) is 37.6 Å². The van der Waals surface area contributed by atoms with Crippen molar-refractivity contribution in [3.05, 3.63) is 12.7 Å². The summed E-state index contributed by atoms with van der Waals surface area (Å²) in [5.74, 6) is -0.336. The first-order valence-electron chi connectivity index (χ1n) is 4.53. The Balaban J connectivity index is -0.000000720. The van der Waals surface area contributed by atoms with Crippen molar-refractivity contribution in [1.82, 2.24) is 11.1 Å². The molecule has 15 heavy (non-hydrogen) atoms. The second-order valence-corrected chi connectivity index (χ2v) is 3.33.